The Hall–Kier alpha value is -4.73. The molecule has 0 spiro atoms. The van der Waals surface area contributed by atoms with Gasteiger partial charge >= 0.3 is 6.09 Å². The van der Waals surface area contributed by atoms with E-state index in [0.717, 1.165) is 43.9 Å². The molecule has 0 bridgehead atoms. The number of benzene rings is 1. The van der Waals surface area contributed by atoms with E-state index < -0.39 is 68.5 Å². The first-order valence-corrected chi connectivity index (χ1v) is 21.6. The summed E-state index contributed by atoms with van der Waals surface area (Å²) in [4.78, 5) is 78.1. The first kappa shape index (κ1) is 38.2. The maximum Gasteiger partial charge on any atom is 0.408 e. The van der Waals surface area contributed by atoms with Crippen molar-refractivity contribution < 1.29 is 41.9 Å². The number of carbonyl (C=O) groups is 5. The van der Waals surface area contributed by atoms with Crippen molar-refractivity contribution in [3.05, 3.63) is 48.2 Å². The van der Waals surface area contributed by atoms with Crippen LogP contribution in [0.5, 0.6) is 5.75 Å². The van der Waals surface area contributed by atoms with Gasteiger partial charge < -0.3 is 29.9 Å². The van der Waals surface area contributed by atoms with Crippen molar-refractivity contribution in [2.45, 2.75) is 106 Å². The molecule has 4 heterocycles. The fourth-order valence-electron chi connectivity index (χ4n) is 9.15. The molecule has 15 nitrogen and oxygen atoms in total. The second-order valence-electron chi connectivity index (χ2n) is 16.3. The lowest BCUT2D eigenvalue weighted by molar-refractivity contribution is -0.142. The standard InChI is InChI=1S/C40H50N6O9S/c1-54-33-19-32(41-30-15-10-9-14-28(30)33)36(48)45-21-24-22-46-34(29(24)23-45)35(47)43-40(38(50)44-56(52,53)27-17-18-27)20-25(40)11-5-3-2-4-6-16-31(37(46)49)42-39(51)55-26-12-7-8-13-26/h5,9-11,14-15,19,24-27,29,31,34H,2-4,6-8,12-13,16-18,20-23H2,1H3,(H,42,51)(H,43,47)(H,44,50)/b11-5-/t24-,25-,29-,31+,34-,40+/m0/s1. The highest BCUT2D eigenvalue weighted by Crippen LogP contribution is 2.47. The zero-order valence-corrected chi connectivity index (χ0v) is 32.4. The Bertz CT molecular complexity index is 2050. The lowest BCUT2D eigenvalue weighted by Crippen LogP contribution is -2.60. The monoisotopic (exact) mass is 790 g/mol. The number of alkyl carbamates (subject to hydrolysis) is 1. The van der Waals surface area contributed by atoms with Crippen molar-refractivity contribution in [2.75, 3.05) is 26.7 Å². The average Bonchev–Trinajstić information content (AvgIpc) is 4.00. The van der Waals surface area contributed by atoms with Crippen molar-refractivity contribution >= 4 is 50.6 Å². The third kappa shape index (κ3) is 7.55. The fourth-order valence-corrected chi connectivity index (χ4v) is 10.5. The molecule has 6 atom stereocenters. The molecule has 5 amide bonds. The number of sulfonamides is 1. The number of hydrogen-bond acceptors (Lipinski definition) is 10. The molecule has 1 aromatic heterocycles. The van der Waals surface area contributed by atoms with Crippen molar-refractivity contribution in [3.63, 3.8) is 0 Å². The Morgan fingerprint density at radius 1 is 0.964 bits per heavy atom. The van der Waals surface area contributed by atoms with Gasteiger partial charge in [-0.05, 0) is 76.3 Å². The van der Waals surface area contributed by atoms with E-state index in [2.05, 4.69) is 20.3 Å². The van der Waals surface area contributed by atoms with Crippen molar-refractivity contribution in [1.29, 1.82) is 0 Å². The summed E-state index contributed by atoms with van der Waals surface area (Å²) in [6, 6.07) is 6.88. The third-order valence-corrected chi connectivity index (χ3v) is 14.3. The SMILES string of the molecule is COc1cc(C(=O)N2C[C@H]3CN4C(=O)[C@H](NC(=O)OC5CCCC5)CCCCC/C=C\[C@H]5C[C@@]5(C(=O)NS(=O)(=O)C5CC5)NC(=O)[C@@H]4[C@H]3C2)nc2ccccc12. The Morgan fingerprint density at radius 2 is 1.73 bits per heavy atom. The van der Waals surface area contributed by atoms with E-state index in [0.29, 0.717) is 43.4 Å². The molecule has 6 aliphatic rings. The van der Waals surface area contributed by atoms with Gasteiger partial charge in [0.1, 0.15) is 35.2 Å². The zero-order chi connectivity index (χ0) is 39.2. The summed E-state index contributed by atoms with van der Waals surface area (Å²) in [5.41, 5.74) is -0.742. The van der Waals surface area contributed by atoms with Gasteiger partial charge in [-0.25, -0.2) is 18.2 Å². The number of fused-ring (bicyclic) bond motifs is 5. The van der Waals surface area contributed by atoms with Crippen molar-refractivity contribution in [1.82, 2.24) is 30.1 Å². The molecule has 3 aliphatic heterocycles. The number of carbonyl (C=O) groups excluding carboxylic acids is 5. The van der Waals surface area contributed by atoms with Crippen molar-refractivity contribution in [3.8, 4) is 5.75 Å². The second kappa shape index (κ2) is 15.3. The van der Waals surface area contributed by atoms with Gasteiger partial charge in [-0.1, -0.05) is 37.1 Å². The molecule has 3 N–H and O–H groups in total. The molecule has 1 aromatic carbocycles. The number of amides is 5. The number of para-hydroxylation sites is 1. The van der Waals surface area contributed by atoms with Crippen LogP contribution >= 0.6 is 0 Å². The van der Waals surface area contributed by atoms with Crippen LogP contribution in [0.4, 0.5) is 4.79 Å². The first-order valence-electron chi connectivity index (χ1n) is 20.0. The number of pyridine rings is 1. The summed E-state index contributed by atoms with van der Waals surface area (Å²) in [5, 5.41) is 5.88. The minimum Gasteiger partial charge on any atom is -0.496 e. The van der Waals surface area contributed by atoms with E-state index in [1.807, 2.05) is 30.4 Å². The normalized spacial score (nSPS) is 30.3. The quantitative estimate of drug-likeness (QED) is 0.351. The highest BCUT2D eigenvalue weighted by molar-refractivity contribution is 7.91. The highest BCUT2D eigenvalue weighted by atomic mass is 32.2. The number of allylic oxidation sites excluding steroid dienone is 1. The second-order valence-corrected chi connectivity index (χ2v) is 18.3. The first-order chi connectivity index (χ1) is 27.0. The molecular formula is C40H50N6O9S. The van der Waals surface area contributed by atoms with E-state index >= 15 is 0 Å². The van der Waals surface area contributed by atoms with E-state index in [1.54, 1.807) is 17.0 Å². The highest BCUT2D eigenvalue weighted by Gasteiger charge is 2.63. The Labute approximate surface area is 326 Å². The molecule has 2 saturated heterocycles. The van der Waals surface area contributed by atoms with Crippen LogP contribution in [-0.2, 0) is 29.1 Å². The van der Waals surface area contributed by atoms with Crippen LogP contribution in [0.1, 0.15) is 87.5 Å². The average molecular weight is 791 g/mol. The predicted molar refractivity (Wildman–Crippen MR) is 204 cm³/mol. The minimum atomic E-state index is -3.91. The van der Waals surface area contributed by atoms with E-state index in [1.165, 1.54) is 12.0 Å². The van der Waals surface area contributed by atoms with Crippen LogP contribution in [0, 0.1) is 17.8 Å². The molecule has 3 aliphatic carbocycles. The van der Waals surface area contributed by atoms with Gasteiger partial charge in [0.15, 0.2) is 0 Å². The minimum absolute atomic E-state index is 0.128. The van der Waals surface area contributed by atoms with Gasteiger partial charge in [-0.15, -0.1) is 0 Å². The molecule has 300 valence electrons. The number of likely N-dealkylation sites (tertiary alicyclic amines) is 1. The van der Waals surface area contributed by atoms with Crippen LogP contribution in [0.2, 0.25) is 0 Å². The molecule has 3 saturated carbocycles. The molecule has 5 fully saturated rings. The van der Waals surface area contributed by atoms with Crippen LogP contribution in [-0.4, -0.2) is 109 Å². The number of aromatic nitrogens is 1. The fraction of sp³-hybridized carbons (Fsp3) is 0.600. The number of methoxy groups -OCH3 is 1. The molecule has 0 unspecified atom stereocenters. The van der Waals surface area contributed by atoms with Crippen LogP contribution in [0.25, 0.3) is 10.9 Å². The topological polar surface area (TPSA) is 193 Å². The lowest BCUT2D eigenvalue weighted by Gasteiger charge is -2.33. The molecule has 2 aromatic rings. The van der Waals surface area contributed by atoms with Crippen LogP contribution < -0.4 is 20.1 Å². The van der Waals surface area contributed by atoms with Crippen LogP contribution in [0.15, 0.2) is 42.5 Å². The summed E-state index contributed by atoms with van der Waals surface area (Å²) in [6.07, 6.45) is 10.8. The van der Waals surface area contributed by atoms with Gasteiger partial charge in [0.25, 0.3) is 11.8 Å². The van der Waals surface area contributed by atoms with Gasteiger partial charge in [-0.2, -0.15) is 0 Å². The number of ether oxygens (including phenoxy) is 2. The Balaban J connectivity index is 1.09. The third-order valence-electron chi connectivity index (χ3n) is 12.5. The van der Waals surface area contributed by atoms with Gasteiger partial charge in [-0.3, -0.25) is 23.9 Å². The molecule has 56 heavy (non-hydrogen) atoms. The maximum atomic E-state index is 14.7. The van der Waals surface area contributed by atoms with Crippen LogP contribution in [0.3, 0.4) is 0 Å². The van der Waals surface area contributed by atoms with E-state index in [4.69, 9.17) is 9.47 Å². The smallest absolute Gasteiger partial charge is 0.408 e. The summed E-state index contributed by atoms with van der Waals surface area (Å²) in [5.74, 6) is -2.95. The summed E-state index contributed by atoms with van der Waals surface area (Å²) >= 11 is 0. The summed E-state index contributed by atoms with van der Waals surface area (Å²) < 4.78 is 39.3. The number of rotatable bonds is 7. The Kier molecular flexibility index (Phi) is 10.4. The summed E-state index contributed by atoms with van der Waals surface area (Å²) in [6.45, 7) is 0.503. The molecule has 8 rings (SSSR count). The Morgan fingerprint density at radius 3 is 2.50 bits per heavy atom. The number of nitrogens with one attached hydrogen (secondary N) is 3. The number of nitrogens with zero attached hydrogens (tertiary/aromatic N) is 3. The zero-order valence-electron chi connectivity index (χ0n) is 31.6. The van der Waals surface area contributed by atoms with Gasteiger partial charge in [0, 0.05) is 48.8 Å². The lowest BCUT2D eigenvalue weighted by atomic mass is 9.93. The molecule has 0 radical (unpaired) electrons. The summed E-state index contributed by atoms with van der Waals surface area (Å²) in [7, 11) is -2.38. The molecule has 16 heteroatoms. The number of hydrogen-bond donors (Lipinski definition) is 3. The maximum absolute atomic E-state index is 14.7. The van der Waals surface area contributed by atoms with Gasteiger partial charge in [0.2, 0.25) is 21.8 Å². The van der Waals surface area contributed by atoms with E-state index in [9.17, 15) is 32.4 Å². The van der Waals surface area contributed by atoms with E-state index in [-0.39, 0.29) is 49.7 Å². The van der Waals surface area contributed by atoms with Gasteiger partial charge in [0.05, 0.1) is 17.9 Å². The largest absolute Gasteiger partial charge is 0.496 e. The molecular weight excluding hydrogens is 741 g/mol. The van der Waals surface area contributed by atoms with Crippen molar-refractivity contribution in [2.24, 2.45) is 17.8 Å². The predicted octanol–water partition coefficient (Wildman–Crippen LogP) is 3.18.